The molecule has 1 amide bonds. The van der Waals surface area contributed by atoms with E-state index in [1.807, 2.05) is 18.2 Å². The molecule has 0 aliphatic carbocycles. The van der Waals surface area contributed by atoms with Gasteiger partial charge in [-0.25, -0.2) is 0 Å². The molecule has 0 unspecified atom stereocenters. The summed E-state index contributed by atoms with van der Waals surface area (Å²) in [5.41, 5.74) is 4.84. The second-order valence-corrected chi connectivity index (χ2v) is 8.14. The highest BCUT2D eigenvalue weighted by atomic mass is 35.5. The van der Waals surface area contributed by atoms with Crippen LogP contribution in [0.25, 0.3) is 0 Å². The normalized spacial score (nSPS) is 16.9. The van der Waals surface area contributed by atoms with Crippen LogP contribution in [0.4, 0.5) is 0 Å². The molecule has 4 heteroatoms. The number of carbonyl (C=O) groups excluding carboxylic acids is 1. The number of piperidine rings is 1. The van der Waals surface area contributed by atoms with Gasteiger partial charge in [0.1, 0.15) is 0 Å². The number of nitrogens with one attached hydrogen (secondary N) is 1. The molecule has 2 aromatic rings. The SMILES string of the molecule is Cc1ccc([C@@H](C)NC(=O)C2CCN(Cc3ccccc3Cl)CC2)c(C)c1. The van der Waals surface area contributed by atoms with Crippen molar-refractivity contribution in [3.05, 3.63) is 69.7 Å². The highest BCUT2D eigenvalue weighted by molar-refractivity contribution is 6.31. The minimum absolute atomic E-state index is 0.0410. The highest BCUT2D eigenvalue weighted by Crippen LogP contribution is 2.24. The van der Waals surface area contributed by atoms with Gasteiger partial charge in [-0.05, 0) is 69.5 Å². The van der Waals surface area contributed by atoms with Gasteiger partial charge in [0, 0.05) is 17.5 Å². The summed E-state index contributed by atoms with van der Waals surface area (Å²) in [6.07, 6.45) is 1.80. The summed E-state index contributed by atoms with van der Waals surface area (Å²) >= 11 is 6.27. The number of hydrogen-bond donors (Lipinski definition) is 1. The molecule has 1 aliphatic heterocycles. The number of rotatable bonds is 5. The van der Waals surface area contributed by atoms with Crippen LogP contribution in [0.3, 0.4) is 0 Å². The van der Waals surface area contributed by atoms with Gasteiger partial charge in [-0.2, -0.15) is 0 Å². The van der Waals surface area contributed by atoms with Crippen molar-refractivity contribution in [1.29, 1.82) is 0 Å². The standard InChI is InChI=1S/C23H29ClN2O/c1-16-8-9-21(17(2)14-16)18(3)25-23(27)19-10-12-26(13-11-19)15-20-6-4-5-7-22(20)24/h4-9,14,18-19H,10-13,15H2,1-3H3,(H,25,27)/t18-/m1/s1. The first-order valence-electron chi connectivity index (χ1n) is 9.77. The summed E-state index contributed by atoms with van der Waals surface area (Å²) in [6, 6.07) is 14.4. The Bertz CT molecular complexity index is 797. The molecule has 1 aliphatic rings. The summed E-state index contributed by atoms with van der Waals surface area (Å²) in [7, 11) is 0. The summed E-state index contributed by atoms with van der Waals surface area (Å²) in [4.78, 5) is 15.1. The fourth-order valence-corrected chi connectivity index (χ4v) is 4.14. The van der Waals surface area contributed by atoms with Gasteiger partial charge in [0.15, 0.2) is 0 Å². The third-order valence-corrected chi connectivity index (χ3v) is 5.93. The van der Waals surface area contributed by atoms with E-state index in [2.05, 4.69) is 55.3 Å². The molecule has 3 rings (SSSR count). The molecule has 0 saturated carbocycles. The number of carbonyl (C=O) groups is 1. The molecule has 1 saturated heterocycles. The van der Waals surface area contributed by atoms with Gasteiger partial charge in [0.25, 0.3) is 0 Å². The van der Waals surface area contributed by atoms with E-state index in [1.165, 1.54) is 16.7 Å². The zero-order chi connectivity index (χ0) is 19.4. The van der Waals surface area contributed by atoms with E-state index >= 15 is 0 Å². The molecule has 1 fully saturated rings. The quantitative estimate of drug-likeness (QED) is 0.782. The van der Waals surface area contributed by atoms with E-state index < -0.39 is 0 Å². The maximum Gasteiger partial charge on any atom is 0.223 e. The Balaban J connectivity index is 1.51. The fraction of sp³-hybridized carbons (Fsp3) is 0.435. The minimum Gasteiger partial charge on any atom is -0.349 e. The van der Waals surface area contributed by atoms with Crippen molar-refractivity contribution in [2.75, 3.05) is 13.1 Å². The Morgan fingerprint density at radius 3 is 2.56 bits per heavy atom. The molecular formula is C23H29ClN2O. The first-order valence-corrected chi connectivity index (χ1v) is 10.1. The number of halogens is 1. The van der Waals surface area contributed by atoms with E-state index in [0.29, 0.717) is 0 Å². The Labute approximate surface area is 167 Å². The second-order valence-electron chi connectivity index (χ2n) is 7.73. The monoisotopic (exact) mass is 384 g/mol. The van der Waals surface area contributed by atoms with Crippen molar-refractivity contribution < 1.29 is 4.79 Å². The lowest BCUT2D eigenvalue weighted by atomic mass is 9.94. The van der Waals surface area contributed by atoms with Crippen LogP contribution in [-0.2, 0) is 11.3 Å². The lowest BCUT2D eigenvalue weighted by Gasteiger charge is -2.32. The molecule has 0 bridgehead atoms. The van der Waals surface area contributed by atoms with Crippen LogP contribution < -0.4 is 5.32 Å². The van der Waals surface area contributed by atoms with Gasteiger partial charge in [-0.3, -0.25) is 9.69 Å². The lowest BCUT2D eigenvalue weighted by molar-refractivity contribution is -0.127. The number of hydrogen-bond acceptors (Lipinski definition) is 2. The number of likely N-dealkylation sites (tertiary alicyclic amines) is 1. The average Bonchev–Trinajstić information content (AvgIpc) is 2.64. The zero-order valence-corrected chi connectivity index (χ0v) is 17.2. The summed E-state index contributed by atoms with van der Waals surface area (Å²) in [5.74, 6) is 0.278. The third-order valence-electron chi connectivity index (χ3n) is 5.56. The van der Waals surface area contributed by atoms with Crippen molar-refractivity contribution in [2.24, 2.45) is 5.92 Å². The Morgan fingerprint density at radius 2 is 1.89 bits per heavy atom. The van der Waals surface area contributed by atoms with Crippen LogP contribution >= 0.6 is 11.6 Å². The third kappa shape index (κ3) is 5.12. The van der Waals surface area contributed by atoms with Crippen LogP contribution in [0.5, 0.6) is 0 Å². The van der Waals surface area contributed by atoms with Gasteiger partial charge in [-0.1, -0.05) is 53.6 Å². The Hall–Kier alpha value is -1.84. The van der Waals surface area contributed by atoms with Gasteiger partial charge in [0.2, 0.25) is 5.91 Å². The molecule has 27 heavy (non-hydrogen) atoms. The Kier molecular flexibility index (Phi) is 6.56. The zero-order valence-electron chi connectivity index (χ0n) is 16.5. The molecule has 1 atom stereocenters. The average molecular weight is 385 g/mol. The largest absolute Gasteiger partial charge is 0.349 e. The summed E-state index contributed by atoms with van der Waals surface area (Å²) < 4.78 is 0. The number of nitrogens with zero attached hydrogens (tertiary/aromatic N) is 1. The molecule has 1 heterocycles. The van der Waals surface area contributed by atoms with E-state index in [1.54, 1.807) is 0 Å². The summed E-state index contributed by atoms with van der Waals surface area (Å²) in [5, 5.41) is 4.04. The van der Waals surface area contributed by atoms with Crippen molar-refractivity contribution in [1.82, 2.24) is 10.2 Å². The maximum absolute atomic E-state index is 12.7. The predicted molar refractivity (Wildman–Crippen MR) is 112 cm³/mol. The molecule has 0 spiro atoms. The summed E-state index contributed by atoms with van der Waals surface area (Å²) in [6.45, 7) is 8.99. The predicted octanol–water partition coefficient (Wildman–Crippen LogP) is 5.05. The second kappa shape index (κ2) is 8.90. The molecule has 1 N–H and O–H groups in total. The number of amides is 1. The topological polar surface area (TPSA) is 32.3 Å². The minimum atomic E-state index is 0.0410. The smallest absolute Gasteiger partial charge is 0.223 e. The fourth-order valence-electron chi connectivity index (χ4n) is 3.94. The molecule has 0 radical (unpaired) electrons. The lowest BCUT2D eigenvalue weighted by Crippen LogP contribution is -2.41. The van der Waals surface area contributed by atoms with Crippen molar-refractivity contribution in [3.8, 4) is 0 Å². The van der Waals surface area contributed by atoms with Crippen LogP contribution in [-0.4, -0.2) is 23.9 Å². The van der Waals surface area contributed by atoms with E-state index in [-0.39, 0.29) is 17.9 Å². The molecule has 2 aromatic carbocycles. The van der Waals surface area contributed by atoms with Gasteiger partial charge >= 0.3 is 0 Å². The van der Waals surface area contributed by atoms with Crippen molar-refractivity contribution >= 4 is 17.5 Å². The number of benzene rings is 2. The van der Waals surface area contributed by atoms with Crippen LogP contribution in [0.15, 0.2) is 42.5 Å². The van der Waals surface area contributed by atoms with Crippen LogP contribution in [0.2, 0.25) is 5.02 Å². The van der Waals surface area contributed by atoms with Crippen molar-refractivity contribution in [3.63, 3.8) is 0 Å². The highest BCUT2D eigenvalue weighted by Gasteiger charge is 2.26. The molecule has 144 valence electrons. The van der Waals surface area contributed by atoms with Gasteiger partial charge in [0.05, 0.1) is 6.04 Å². The van der Waals surface area contributed by atoms with Gasteiger partial charge < -0.3 is 5.32 Å². The maximum atomic E-state index is 12.7. The number of aryl methyl sites for hydroxylation is 2. The van der Waals surface area contributed by atoms with Gasteiger partial charge in [-0.15, -0.1) is 0 Å². The van der Waals surface area contributed by atoms with Crippen molar-refractivity contribution in [2.45, 2.75) is 46.2 Å². The van der Waals surface area contributed by atoms with E-state index in [4.69, 9.17) is 11.6 Å². The van der Waals surface area contributed by atoms with E-state index in [9.17, 15) is 4.79 Å². The first-order chi connectivity index (χ1) is 12.9. The molecule has 0 aromatic heterocycles. The Morgan fingerprint density at radius 1 is 1.19 bits per heavy atom. The molecular weight excluding hydrogens is 356 g/mol. The van der Waals surface area contributed by atoms with E-state index in [0.717, 1.165) is 43.1 Å². The first kappa shape index (κ1) is 19.9. The molecule has 3 nitrogen and oxygen atoms in total. The van der Waals surface area contributed by atoms with Crippen LogP contribution in [0, 0.1) is 19.8 Å². The van der Waals surface area contributed by atoms with Crippen LogP contribution in [0.1, 0.15) is 48.1 Å².